The molecule has 5 rings (SSSR count). The van der Waals surface area contributed by atoms with Crippen LogP contribution in [-0.4, -0.2) is 63.6 Å². The highest BCUT2D eigenvalue weighted by Crippen LogP contribution is 2.41. The number of hydrogen-bond acceptors (Lipinski definition) is 5. The molecular weight excluding hydrogens is 418 g/mol. The fourth-order valence-corrected chi connectivity index (χ4v) is 4.92. The number of imide groups is 1. The average Bonchev–Trinajstić information content (AvgIpc) is 3.58. The Kier molecular flexibility index (Phi) is 5.51. The lowest BCUT2D eigenvalue weighted by atomic mass is 9.98. The van der Waals surface area contributed by atoms with Crippen LogP contribution in [-0.2, 0) is 22.6 Å². The molecule has 0 radical (unpaired) electrons. The van der Waals surface area contributed by atoms with Crippen molar-refractivity contribution in [1.82, 2.24) is 14.7 Å². The zero-order chi connectivity index (χ0) is 23.3. The highest BCUT2D eigenvalue weighted by molar-refractivity contribution is 6.06. The first kappa shape index (κ1) is 22.1. The number of hydrogen-bond donors (Lipinski definition) is 1. The van der Waals surface area contributed by atoms with Crippen molar-refractivity contribution in [3.63, 3.8) is 0 Å². The first-order chi connectivity index (χ1) is 15.8. The number of aliphatic hydroxyl groups excluding tert-OH is 1. The lowest BCUT2D eigenvalue weighted by Crippen LogP contribution is -2.43. The number of nitrogens with zero attached hydrogens (tertiary/aromatic N) is 3. The molecule has 3 amide bonds. The van der Waals surface area contributed by atoms with E-state index in [1.807, 2.05) is 18.2 Å². The summed E-state index contributed by atoms with van der Waals surface area (Å²) in [4.78, 5) is 30.7. The van der Waals surface area contributed by atoms with E-state index in [9.17, 15) is 14.7 Å². The molecule has 7 nitrogen and oxygen atoms in total. The van der Waals surface area contributed by atoms with Crippen LogP contribution in [0.5, 0.6) is 0 Å². The summed E-state index contributed by atoms with van der Waals surface area (Å²) in [6.45, 7) is 5.34. The van der Waals surface area contributed by atoms with Crippen LogP contribution in [0.15, 0.2) is 42.5 Å². The number of methoxy groups -OCH3 is 1. The van der Waals surface area contributed by atoms with E-state index < -0.39 is 11.8 Å². The summed E-state index contributed by atoms with van der Waals surface area (Å²) in [6, 6.07) is 14.7. The van der Waals surface area contributed by atoms with Gasteiger partial charge in [0.2, 0.25) is 0 Å². The van der Waals surface area contributed by atoms with E-state index in [1.165, 1.54) is 23.3 Å². The van der Waals surface area contributed by atoms with E-state index in [2.05, 4.69) is 29.2 Å². The van der Waals surface area contributed by atoms with Crippen molar-refractivity contribution in [3.05, 3.63) is 59.2 Å². The molecule has 174 valence electrons. The smallest absolute Gasteiger partial charge is 0.328 e. The van der Waals surface area contributed by atoms with Gasteiger partial charge in [0.15, 0.2) is 0 Å². The molecule has 0 spiro atoms. The third-order valence-electron chi connectivity index (χ3n) is 7.16. The molecule has 2 fully saturated rings. The van der Waals surface area contributed by atoms with E-state index in [0.717, 1.165) is 28.8 Å². The number of fused-ring (bicyclic) bond motifs is 1. The van der Waals surface area contributed by atoms with Gasteiger partial charge in [-0.1, -0.05) is 36.4 Å². The number of rotatable bonds is 7. The third kappa shape index (κ3) is 3.84. The molecule has 1 saturated heterocycles. The molecule has 33 heavy (non-hydrogen) atoms. The SMILES string of the molecule is COCCN1C(=O)N(Cc2ccc(-c3ccc4c(c3)CN(C3CC3)C4O)cc2)C(C)(C)C1=O. The molecule has 1 N–H and O–H groups in total. The zero-order valence-electron chi connectivity index (χ0n) is 19.5. The maximum atomic E-state index is 12.9. The molecule has 2 aromatic rings. The monoisotopic (exact) mass is 449 g/mol. The summed E-state index contributed by atoms with van der Waals surface area (Å²) >= 11 is 0. The number of ether oxygens (including phenoxy) is 1. The lowest BCUT2D eigenvalue weighted by molar-refractivity contribution is -0.132. The molecule has 1 aliphatic carbocycles. The van der Waals surface area contributed by atoms with Crippen LogP contribution in [0.25, 0.3) is 11.1 Å². The standard InChI is InChI=1S/C26H31N3O4/c1-26(2)24(31)27(12-13-33-3)25(32)29(26)15-17-4-6-18(7-5-17)19-8-11-22-20(14-19)16-28(23(22)30)21-9-10-21/h4-8,11,14,21,23,30H,9-10,12-13,15-16H2,1-3H3. The Balaban J connectivity index is 1.31. The molecule has 3 aliphatic rings. The average molecular weight is 450 g/mol. The topological polar surface area (TPSA) is 73.3 Å². The Morgan fingerprint density at radius 3 is 2.42 bits per heavy atom. The van der Waals surface area contributed by atoms with Gasteiger partial charge in [-0.05, 0) is 60.6 Å². The van der Waals surface area contributed by atoms with Crippen LogP contribution in [0.4, 0.5) is 4.79 Å². The quantitative estimate of drug-likeness (QED) is 0.655. The molecule has 1 unspecified atom stereocenters. The molecule has 1 atom stereocenters. The number of amides is 3. The van der Waals surface area contributed by atoms with Gasteiger partial charge in [-0.25, -0.2) is 4.79 Å². The first-order valence-electron chi connectivity index (χ1n) is 11.6. The van der Waals surface area contributed by atoms with Crippen LogP contribution >= 0.6 is 0 Å². The predicted octanol–water partition coefficient (Wildman–Crippen LogP) is 3.51. The van der Waals surface area contributed by atoms with Gasteiger partial charge in [-0.2, -0.15) is 0 Å². The Morgan fingerprint density at radius 1 is 1.06 bits per heavy atom. The number of carbonyl (C=O) groups is 2. The molecule has 2 aromatic carbocycles. The Morgan fingerprint density at radius 2 is 1.76 bits per heavy atom. The summed E-state index contributed by atoms with van der Waals surface area (Å²) in [6.07, 6.45) is 1.85. The normalized spacial score (nSPS) is 22.4. The summed E-state index contributed by atoms with van der Waals surface area (Å²) in [5.41, 5.74) is 4.49. The van der Waals surface area contributed by atoms with Gasteiger partial charge in [-0.3, -0.25) is 14.6 Å². The minimum Gasteiger partial charge on any atom is -0.383 e. The maximum absolute atomic E-state index is 12.9. The fourth-order valence-electron chi connectivity index (χ4n) is 4.92. The van der Waals surface area contributed by atoms with Crippen LogP contribution in [0.3, 0.4) is 0 Å². The second kappa shape index (κ2) is 8.24. The number of carbonyl (C=O) groups excluding carboxylic acids is 2. The largest absolute Gasteiger partial charge is 0.383 e. The number of aliphatic hydroxyl groups is 1. The molecule has 2 heterocycles. The maximum Gasteiger partial charge on any atom is 0.328 e. The molecule has 0 aromatic heterocycles. The molecule has 2 aliphatic heterocycles. The minimum absolute atomic E-state index is 0.193. The molecular formula is C26H31N3O4. The van der Waals surface area contributed by atoms with Gasteiger partial charge < -0.3 is 14.7 Å². The van der Waals surface area contributed by atoms with E-state index in [4.69, 9.17) is 4.74 Å². The van der Waals surface area contributed by atoms with Crippen molar-refractivity contribution in [2.24, 2.45) is 0 Å². The zero-order valence-corrected chi connectivity index (χ0v) is 19.5. The van der Waals surface area contributed by atoms with Crippen LogP contribution in [0, 0.1) is 0 Å². The Hall–Kier alpha value is -2.74. The highest BCUT2D eigenvalue weighted by atomic mass is 16.5. The molecule has 0 bridgehead atoms. The van der Waals surface area contributed by atoms with E-state index in [1.54, 1.807) is 25.9 Å². The molecule has 7 heteroatoms. The van der Waals surface area contributed by atoms with Crippen LogP contribution < -0.4 is 0 Å². The van der Waals surface area contributed by atoms with E-state index in [-0.39, 0.29) is 18.5 Å². The van der Waals surface area contributed by atoms with Crippen molar-refractivity contribution < 1.29 is 19.4 Å². The second-order valence-corrected chi connectivity index (χ2v) is 9.77. The van der Waals surface area contributed by atoms with Crippen molar-refractivity contribution in [1.29, 1.82) is 0 Å². The van der Waals surface area contributed by atoms with Gasteiger partial charge in [0.25, 0.3) is 5.91 Å². The minimum atomic E-state index is -0.891. The van der Waals surface area contributed by atoms with E-state index >= 15 is 0 Å². The first-order valence-corrected chi connectivity index (χ1v) is 11.6. The third-order valence-corrected chi connectivity index (χ3v) is 7.16. The Labute approximate surface area is 194 Å². The van der Waals surface area contributed by atoms with Crippen molar-refractivity contribution in [3.8, 4) is 11.1 Å². The van der Waals surface area contributed by atoms with Crippen molar-refractivity contribution >= 4 is 11.9 Å². The summed E-state index contributed by atoms with van der Waals surface area (Å²) < 4.78 is 5.05. The fraction of sp³-hybridized carbons (Fsp3) is 0.462. The predicted molar refractivity (Wildman–Crippen MR) is 124 cm³/mol. The number of benzene rings is 2. The van der Waals surface area contributed by atoms with Crippen LogP contribution in [0.1, 0.15) is 49.6 Å². The van der Waals surface area contributed by atoms with Gasteiger partial charge in [-0.15, -0.1) is 0 Å². The highest BCUT2D eigenvalue weighted by Gasteiger charge is 2.50. The Bertz CT molecular complexity index is 1080. The van der Waals surface area contributed by atoms with Crippen LogP contribution in [0.2, 0.25) is 0 Å². The van der Waals surface area contributed by atoms with Gasteiger partial charge in [0, 0.05) is 26.2 Å². The summed E-state index contributed by atoms with van der Waals surface area (Å²) in [5.74, 6) is -0.193. The summed E-state index contributed by atoms with van der Waals surface area (Å²) in [5, 5.41) is 10.6. The van der Waals surface area contributed by atoms with Gasteiger partial charge in [0.1, 0.15) is 11.8 Å². The summed E-state index contributed by atoms with van der Waals surface area (Å²) in [7, 11) is 1.56. The lowest BCUT2D eigenvalue weighted by Gasteiger charge is -2.27. The van der Waals surface area contributed by atoms with E-state index in [0.29, 0.717) is 19.2 Å². The van der Waals surface area contributed by atoms with Gasteiger partial charge in [0.05, 0.1) is 13.2 Å². The van der Waals surface area contributed by atoms with Crippen molar-refractivity contribution in [2.75, 3.05) is 20.3 Å². The molecule has 1 saturated carbocycles. The van der Waals surface area contributed by atoms with Gasteiger partial charge >= 0.3 is 6.03 Å². The number of urea groups is 1. The van der Waals surface area contributed by atoms with Crippen molar-refractivity contribution in [2.45, 2.75) is 57.6 Å². The second-order valence-electron chi connectivity index (χ2n) is 9.77.